The molecule has 0 fully saturated rings. The summed E-state index contributed by atoms with van der Waals surface area (Å²) >= 11 is -2.77. The number of fused-ring (bicyclic) bond motifs is 2. The van der Waals surface area contributed by atoms with Gasteiger partial charge in [0, 0.05) is 0 Å². The maximum atomic E-state index is 9.80. The van der Waals surface area contributed by atoms with Crippen molar-refractivity contribution in [1.29, 1.82) is 0 Å². The third-order valence-corrected chi connectivity index (χ3v) is 8.06. The predicted octanol–water partition coefficient (Wildman–Crippen LogP) is 8.02. The predicted molar refractivity (Wildman–Crippen MR) is 145 cm³/mol. The SMILES string of the molecule is Cc1cc2ccccc2[cH-]1.[F][Zr+2][F].c1ccc(P(c2ccccc2)c2cc3ccccc3[cH-]2)cc1. The molecule has 0 aliphatic carbocycles. The third kappa shape index (κ3) is 6.69. The number of hydrogen-bond donors (Lipinski definition) is 0. The molecule has 0 heterocycles. The molecule has 0 saturated carbocycles. The molecule has 0 atom stereocenters. The van der Waals surface area contributed by atoms with Gasteiger partial charge in [0.05, 0.1) is 0 Å². The van der Waals surface area contributed by atoms with Crippen LogP contribution in [0.15, 0.2) is 133 Å². The van der Waals surface area contributed by atoms with E-state index in [-0.39, 0.29) is 0 Å². The summed E-state index contributed by atoms with van der Waals surface area (Å²) in [6.07, 6.45) is 0. The molecule has 0 nitrogen and oxygen atoms in total. The molecule has 0 saturated heterocycles. The normalized spacial score (nSPS) is 10.3. The Hall–Kier alpha value is -2.73. The summed E-state index contributed by atoms with van der Waals surface area (Å²) in [5, 5.41) is 9.58. The van der Waals surface area contributed by atoms with Crippen LogP contribution in [0.2, 0.25) is 0 Å². The molecule has 4 heteroatoms. The second-order valence-electron chi connectivity index (χ2n) is 8.08. The summed E-state index contributed by atoms with van der Waals surface area (Å²) in [6.45, 7) is 2.12. The fourth-order valence-corrected chi connectivity index (χ4v) is 6.54. The molecule has 6 rings (SSSR count). The van der Waals surface area contributed by atoms with E-state index >= 15 is 0 Å². The smallest absolute Gasteiger partial charge is 0.0166 e. The standard InChI is InChI=1S/C21H16P.C10H9.2FH.Zr/c1-3-11-19(12-4-1)22(20-13-5-2-6-14-20)21-15-17-9-7-8-10-18(17)16-21;1-8-6-9-4-2-3-5-10(9)7-8;;;/h1-16H;2-7H,1H3;2*1H;/q2*-1;;;+4/p-2. The van der Waals surface area contributed by atoms with Gasteiger partial charge in [0.25, 0.3) is 0 Å². The summed E-state index contributed by atoms with van der Waals surface area (Å²) in [6, 6.07) is 47.8. The van der Waals surface area contributed by atoms with Gasteiger partial charge in [0.1, 0.15) is 0 Å². The summed E-state index contributed by atoms with van der Waals surface area (Å²) in [5.41, 5.74) is 1.35. The van der Waals surface area contributed by atoms with Crippen LogP contribution in [0, 0.1) is 6.92 Å². The minimum atomic E-state index is -2.77. The molecule has 0 amide bonds. The van der Waals surface area contributed by atoms with Crippen LogP contribution in [0.3, 0.4) is 0 Å². The minimum absolute atomic E-state index is 0.493. The number of benzene rings is 4. The van der Waals surface area contributed by atoms with E-state index in [1.165, 1.54) is 43.0 Å². The van der Waals surface area contributed by atoms with Crippen LogP contribution in [0.4, 0.5) is 5.25 Å². The second kappa shape index (κ2) is 12.8. The molecule has 0 unspecified atom stereocenters. The molecular formula is C31H25F2PZr. The fourth-order valence-electron chi connectivity index (χ4n) is 4.17. The van der Waals surface area contributed by atoms with Gasteiger partial charge in [-0.2, -0.15) is 12.1 Å². The van der Waals surface area contributed by atoms with Gasteiger partial charge in [-0.15, -0.1) is 80.9 Å². The van der Waals surface area contributed by atoms with Crippen molar-refractivity contribution in [2.75, 3.05) is 0 Å². The zero-order valence-electron chi connectivity index (χ0n) is 19.4. The number of rotatable bonds is 3. The Bertz CT molecular complexity index is 1350. The largest absolute Gasteiger partial charge is 0.160 e. The molecule has 0 aromatic heterocycles. The topological polar surface area (TPSA) is 0 Å². The molecular weight excluding hydrogens is 533 g/mol. The van der Waals surface area contributed by atoms with Crippen LogP contribution in [-0.2, 0) is 24.5 Å². The molecule has 0 bridgehead atoms. The third-order valence-electron chi connectivity index (χ3n) is 5.65. The van der Waals surface area contributed by atoms with E-state index in [1.807, 2.05) is 0 Å². The Morgan fingerprint density at radius 3 is 1.49 bits per heavy atom. The van der Waals surface area contributed by atoms with Crippen LogP contribution in [-0.4, -0.2) is 0 Å². The maximum Gasteiger partial charge on any atom is -0.0166 e. The van der Waals surface area contributed by atoms with Crippen molar-refractivity contribution in [3.8, 4) is 0 Å². The van der Waals surface area contributed by atoms with E-state index in [9.17, 15) is 5.25 Å². The van der Waals surface area contributed by atoms with E-state index in [0.717, 1.165) is 0 Å². The van der Waals surface area contributed by atoms with E-state index < -0.39 is 32.4 Å². The molecule has 0 N–H and O–H groups in total. The van der Waals surface area contributed by atoms with Gasteiger partial charge < -0.3 is 0 Å². The minimum Gasteiger partial charge on any atom is -0.160 e. The van der Waals surface area contributed by atoms with E-state index in [4.69, 9.17) is 0 Å². The number of hydrogen-bond acceptors (Lipinski definition) is 0. The average molecular weight is 558 g/mol. The molecule has 6 aromatic carbocycles. The zero-order valence-corrected chi connectivity index (χ0v) is 22.8. The molecule has 172 valence electrons. The summed E-state index contributed by atoms with van der Waals surface area (Å²) in [7, 11) is -0.493. The Morgan fingerprint density at radius 1 is 0.571 bits per heavy atom. The monoisotopic (exact) mass is 556 g/mol. The van der Waals surface area contributed by atoms with Crippen molar-refractivity contribution >= 4 is 45.4 Å². The van der Waals surface area contributed by atoms with E-state index in [1.54, 1.807) is 0 Å². The van der Waals surface area contributed by atoms with Crippen LogP contribution < -0.4 is 15.9 Å². The average Bonchev–Trinajstić information content (AvgIpc) is 3.49. The van der Waals surface area contributed by atoms with Crippen molar-refractivity contribution in [2.24, 2.45) is 0 Å². The van der Waals surface area contributed by atoms with Crippen LogP contribution >= 0.6 is 7.92 Å². The first-order valence-electron chi connectivity index (χ1n) is 11.3. The maximum absolute atomic E-state index is 9.80. The summed E-state index contributed by atoms with van der Waals surface area (Å²) in [5.74, 6) is 0. The quantitative estimate of drug-likeness (QED) is 0.153. The summed E-state index contributed by atoms with van der Waals surface area (Å²) < 4.78 is 19.6. The second-order valence-corrected chi connectivity index (χ2v) is 10.7. The van der Waals surface area contributed by atoms with Gasteiger partial charge in [-0.25, -0.2) is 0 Å². The molecule has 0 aliphatic heterocycles. The van der Waals surface area contributed by atoms with Crippen molar-refractivity contribution < 1.29 is 29.7 Å². The Balaban J connectivity index is 0.000000184. The number of aryl methyl sites for hydroxylation is 1. The first kappa shape index (κ1) is 25.4. The van der Waals surface area contributed by atoms with Gasteiger partial charge in [0.15, 0.2) is 0 Å². The first-order chi connectivity index (χ1) is 17.2. The van der Waals surface area contributed by atoms with Crippen molar-refractivity contribution in [3.05, 3.63) is 139 Å². The molecule has 0 radical (unpaired) electrons. The van der Waals surface area contributed by atoms with Crippen molar-refractivity contribution in [3.63, 3.8) is 0 Å². The van der Waals surface area contributed by atoms with Gasteiger partial charge in [-0.3, -0.25) is 0 Å². The van der Waals surface area contributed by atoms with Crippen molar-refractivity contribution in [2.45, 2.75) is 6.92 Å². The zero-order chi connectivity index (χ0) is 24.5. The Kier molecular flexibility index (Phi) is 9.30. The van der Waals surface area contributed by atoms with Gasteiger partial charge in [0.2, 0.25) is 0 Å². The van der Waals surface area contributed by atoms with Gasteiger partial charge in [-0.05, 0) is 18.5 Å². The molecule has 35 heavy (non-hydrogen) atoms. The van der Waals surface area contributed by atoms with E-state index in [2.05, 4.69) is 140 Å². The van der Waals surface area contributed by atoms with Crippen LogP contribution in [0.25, 0.3) is 21.5 Å². The number of halogens is 2. The van der Waals surface area contributed by atoms with Gasteiger partial charge >= 0.3 is 29.7 Å². The van der Waals surface area contributed by atoms with Crippen LogP contribution in [0.5, 0.6) is 0 Å². The van der Waals surface area contributed by atoms with Gasteiger partial charge in [-0.1, -0.05) is 79.7 Å². The Labute approximate surface area is 220 Å². The fraction of sp³-hybridized carbons (Fsp3) is 0.0323. The molecule has 0 aliphatic rings. The van der Waals surface area contributed by atoms with Crippen molar-refractivity contribution in [1.82, 2.24) is 0 Å². The Morgan fingerprint density at radius 2 is 1.00 bits per heavy atom. The summed E-state index contributed by atoms with van der Waals surface area (Å²) in [4.78, 5) is 0. The molecule has 6 aromatic rings. The van der Waals surface area contributed by atoms with E-state index in [0.29, 0.717) is 0 Å². The van der Waals surface area contributed by atoms with Crippen LogP contribution in [0.1, 0.15) is 5.56 Å². The molecule has 0 spiro atoms. The first-order valence-corrected chi connectivity index (χ1v) is 14.5.